The van der Waals surface area contributed by atoms with Crippen LogP contribution in [0.5, 0.6) is 11.5 Å². The third-order valence-corrected chi connectivity index (χ3v) is 5.03. The van der Waals surface area contributed by atoms with Crippen LogP contribution < -0.4 is 5.43 Å². The maximum atomic E-state index is 12.2. The maximum Gasteiger partial charge on any atom is 0.283 e. The number of carbonyl (C=O) groups excluding carboxylic acids is 1. The van der Waals surface area contributed by atoms with Crippen LogP contribution in [0, 0.1) is 6.92 Å². The molecule has 2 aromatic carbocycles. The van der Waals surface area contributed by atoms with Crippen molar-refractivity contribution in [2.24, 2.45) is 5.10 Å². The number of thiophene rings is 1. The number of aryl methyl sites for hydroxylation is 1. The molecule has 5 nitrogen and oxygen atoms in total. The molecule has 0 saturated heterocycles. The second-order valence-corrected chi connectivity index (χ2v) is 6.62. The van der Waals surface area contributed by atoms with E-state index < -0.39 is 5.91 Å². The smallest absolute Gasteiger partial charge is 0.283 e. The monoisotopic (exact) mass is 360 g/mol. The number of rotatable bonds is 3. The fourth-order valence-corrected chi connectivity index (χ4v) is 3.66. The number of nitrogens with zero attached hydrogens (tertiary/aromatic N) is 1. The predicted molar refractivity (Wildman–Crippen MR) is 96.4 cm³/mol. The maximum absolute atomic E-state index is 12.2. The lowest BCUT2D eigenvalue weighted by Crippen LogP contribution is -2.16. The molecule has 0 saturated carbocycles. The normalized spacial score (nSPS) is 11.2. The molecule has 3 aromatic rings. The van der Waals surface area contributed by atoms with Gasteiger partial charge in [-0.15, -0.1) is 11.3 Å². The molecule has 0 radical (unpaired) electrons. The molecule has 0 aliphatic heterocycles. The zero-order valence-corrected chi connectivity index (χ0v) is 14.1. The summed E-state index contributed by atoms with van der Waals surface area (Å²) in [6.45, 7) is 1.98. The molecule has 1 aromatic heterocycles. The summed E-state index contributed by atoms with van der Waals surface area (Å²) < 4.78 is 0.942. The molecule has 0 atom stereocenters. The number of hydrazone groups is 1. The third kappa shape index (κ3) is 3.20. The molecule has 3 N–H and O–H groups in total. The van der Waals surface area contributed by atoms with Gasteiger partial charge in [-0.25, -0.2) is 5.43 Å². The molecule has 24 heavy (non-hydrogen) atoms. The van der Waals surface area contributed by atoms with Crippen LogP contribution in [-0.4, -0.2) is 22.3 Å². The highest BCUT2D eigenvalue weighted by molar-refractivity contribution is 7.21. The fraction of sp³-hybridized carbons (Fsp3) is 0.0588. The molecular formula is C17H13ClN2O3S. The van der Waals surface area contributed by atoms with Crippen molar-refractivity contribution in [3.05, 3.63) is 57.4 Å². The van der Waals surface area contributed by atoms with Gasteiger partial charge >= 0.3 is 0 Å². The van der Waals surface area contributed by atoms with Crippen molar-refractivity contribution in [2.45, 2.75) is 6.92 Å². The predicted octanol–water partition coefficient (Wildman–Crippen LogP) is 4.04. The van der Waals surface area contributed by atoms with Crippen LogP contribution in [0.25, 0.3) is 10.1 Å². The SMILES string of the molecule is Cc1ccc2c(Cl)c(C(=O)NN=Cc3ccc(O)c(O)c3)sc2c1. The topological polar surface area (TPSA) is 81.9 Å². The fourth-order valence-electron chi connectivity index (χ4n) is 2.16. The van der Waals surface area contributed by atoms with Crippen molar-refractivity contribution < 1.29 is 15.0 Å². The van der Waals surface area contributed by atoms with Crippen LogP contribution >= 0.6 is 22.9 Å². The van der Waals surface area contributed by atoms with E-state index in [4.69, 9.17) is 11.6 Å². The third-order valence-electron chi connectivity index (χ3n) is 3.37. The van der Waals surface area contributed by atoms with Crippen molar-refractivity contribution >= 4 is 45.1 Å². The number of fused-ring (bicyclic) bond motifs is 1. The van der Waals surface area contributed by atoms with Crippen molar-refractivity contribution in [1.82, 2.24) is 5.43 Å². The summed E-state index contributed by atoms with van der Waals surface area (Å²) in [5, 5.41) is 23.8. The molecule has 0 bridgehead atoms. The Hall–Kier alpha value is -2.57. The highest BCUT2D eigenvalue weighted by Gasteiger charge is 2.16. The number of phenols is 2. The number of hydrogen-bond donors (Lipinski definition) is 3. The van der Waals surface area contributed by atoms with Gasteiger partial charge in [0.05, 0.1) is 11.2 Å². The molecule has 0 spiro atoms. The number of phenolic OH excluding ortho intramolecular Hbond substituents is 2. The largest absolute Gasteiger partial charge is 0.504 e. The molecule has 0 fully saturated rings. The van der Waals surface area contributed by atoms with Gasteiger partial charge in [0, 0.05) is 10.1 Å². The average molecular weight is 361 g/mol. The van der Waals surface area contributed by atoms with Crippen molar-refractivity contribution in [3.8, 4) is 11.5 Å². The first-order valence-corrected chi connectivity index (χ1v) is 8.19. The lowest BCUT2D eigenvalue weighted by atomic mass is 10.2. The van der Waals surface area contributed by atoms with Crippen LogP contribution in [0.3, 0.4) is 0 Å². The number of aromatic hydroxyl groups is 2. The minimum Gasteiger partial charge on any atom is -0.504 e. The number of hydrogen-bond acceptors (Lipinski definition) is 5. The van der Waals surface area contributed by atoms with Gasteiger partial charge in [-0.05, 0) is 42.3 Å². The van der Waals surface area contributed by atoms with E-state index in [9.17, 15) is 15.0 Å². The Morgan fingerprint density at radius 1 is 1.21 bits per heavy atom. The zero-order valence-electron chi connectivity index (χ0n) is 12.6. The molecule has 1 heterocycles. The van der Waals surface area contributed by atoms with E-state index in [-0.39, 0.29) is 11.5 Å². The van der Waals surface area contributed by atoms with E-state index in [1.165, 1.54) is 29.7 Å². The molecule has 0 unspecified atom stereocenters. The molecular weight excluding hydrogens is 348 g/mol. The first-order valence-electron chi connectivity index (χ1n) is 7.00. The van der Waals surface area contributed by atoms with Crippen LogP contribution in [0.4, 0.5) is 0 Å². The van der Waals surface area contributed by atoms with Gasteiger partial charge in [0.2, 0.25) is 0 Å². The van der Waals surface area contributed by atoms with Gasteiger partial charge < -0.3 is 10.2 Å². The van der Waals surface area contributed by atoms with Gasteiger partial charge in [0.15, 0.2) is 11.5 Å². The first-order chi connectivity index (χ1) is 11.5. The van der Waals surface area contributed by atoms with E-state index in [1.54, 1.807) is 6.07 Å². The quantitative estimate of drug-likeness (QED) is 0.374. The summed E-state index contributed by atoms with van der Waals surface area (Å²) >= 11 is 7.58. The Morgan fingerprint density at radius 2 is 2.00 bits per heavy atom. The van der Waals surface area contributed by atoms with Gasteiger partial charge in [-0.1, -0.05) is 23.7 Å². The van der Waals surface area contributed by atoms with E-state index in [1.807, 2.05) is 25.1 Å². The van der Waals surface area contributed by atoms with Crippen LogP contribution in [-0.2, 0) is 0 Å². The van der Waals surface area contributed by atoms with E-state index >= 15 is 0 Å². The first kappa shape index (κ1) is 16.3. The van der Waals surface area contributed by atoms with Gasteiger partial charge in [0.1, 0.15) is 4.88 Å². The van der Waals surface area contributed by atoms with Gasteiger partial charge in [-0.2, -0.15) is 5.10 Å². The standard InChI is InChI=1S/C17H13ClN2O3S/c1-9-2-4-11-14(6-9)24-16(15(11)18)17(23)20-19-8-10-3-5-12(21)13(22)7-10/h2-8,21-22H,1H3,(H,20,23). The second-order valence-electron chi connectivity index (χ2n) is 5.19. The summed E-state index contributed by atoms with van der Waals surface area (Å²) in [4.78, 5) is 12.6. The summed E-state index contributed by atoms with van der Waals surface area (Å²) in [7, 11) is 0. The van der Waals surface area contributed by atoms with Crippen LogP contribution in [0.2, 0.25) is 5.02 Å². The average Bonchev–Trinajstić information content (AvgIpc) is 2.87. The minimum absolute atomic E-state index is 0.219. The molecule has 0 aliphatic rings. The highest BCUT2D eigenvalue weighted by Crippen LogP contribution is 2.35. The Morgan fingerprint density at radius 3 is 2.75 bits per heavy atom. The number of benzene rings is 2. The van der Waals surface area contributed by atoms with E-state index in [0.717, 1.165) is 15.6 Å². The molecule has 3 rings (SSSR count). The van der Waals surface area contributed by atoms with Gasteiger partial charge in [0.25, 0.3) is 5.91 Å². The van der Waals surface area contributed by atoms with E-state index in [2.05, 4.69) is 10.5 Å². The van der Waals surface area contributed by atoms with E-state index in [0.29, 0.717) is 15.5 Å². The molecule has 1 amide bonds. The van der Waals surface area contributed by atoms with Crippen molar-refractivity contribution in [3.63, 3.8) is 0 Å². The van der Waals surface area contributed by atoms with Crippen molar-refractivity contribution in [2.75, 3.05) is 0 Å². The van der Waals surface area contributed by atoms with Gasteiger partial charge in [-0.3, -0.25) is 4.79 Å². The van der Waals surface area contributed by atoms with Crippen molar-refractivity contribution in [1.29, 1.82) is 0 Å². The second kappa shape index (κ2) is 6.51. The Bertz CT molecular complexity index is 966. The summed E-state index contributed by atoms with van der Waals surface area (Å²) in [6.07, 6.45) is 1.36. The number of halogens is 1. The lowest BCUT2D eigenvalue weighted by Gasteiger charge is -1.99. The highest BCUT2D eigenvalue weighted by atomic mass is 35.5. The van der Waals surface area contributed by atoms with Crippen LogP contribution in [0.1, 0.15) is 20.8 Å². The number of amides is 1. The molecule has 7 heteroatoms. The Kier molecular flexibility index (Phi) is 4.42. The summed E-state index contributed by atoms with van der Waals surface area (Å²) in [5.41, 5.74) is 4.04. The molecule has 0 aliphatic carbocycles. The number of nitrogens with one attached hydrogen (secondary N) is 1. The summed E-state index contributed by atoms with van der Waals surface area (Å²) in [6, 6.07) is 10.0. The zero-order chi connectivity index (χ0) is 17.3. The Labute approximate surface area is 146 Å². The van der Waals surface area contributed by atoms with Crippen LogP contribution in [0.15, 0.2) is 41.5 Å². The lowest BCUT2D eigenvalue weighted by molar-refractivity contribution is 0.0959. The Balaban J connectivity index is 1.78. The number of carbonyl (C=O) groups is 1. The minimum atomic E-state index is -0.405. The molecule has 122 valence electrons. The summed E-state index contributed by atoms with van der Waals surface area (Å²) in [5.74, 6) is -0.880.